The minimum Gasteiger partial charge on any atom is -0.293 e. The Hall–Kier alpha value is -1.06. The number of hydrogen-bond acceptors (Lipinski definition) is 2. The maximum absolute atomic E-state index is 11.8. The van der Waals surface area contributed by atoms with E-state index in [2.05, 4.69) is 52.3 Å². The fourth-order valence-corrected chi connectivity index (χ4v) is 3.78. The number of benzene rings is 2. The van der Waals surface area contributed by atoms with Gasteiger partial charge in [-0.15, -0.1) is 11.8 Å². The lowest BCUT2D eigenvalue weighted by atomic mass is 10.1. The highest BCUT2D eigenvalue weighted by molar-refractivity contribution is 9.10. The first kappa shape index (κ1) is 12.9. The van der Waals surface area contributed by atoms with Crippen molar-refractivity contribution in [3.8, 4) is 0 Å². The van der Waals surface area contributed by atoms with Crippen molar-refractivity contribution in [2.75, 3.05) is 0 Å². The monoisotopic (exact) mass is 332 g/mol. The number of ketones is 1. The predicted molar refractivity (Wildman–Crippen MR) is 83.2 cm³/mol. The molecule has 0 radical (unpaired) electrons. The first-order valence-corrected chi connectivity index (χ1v) is 8.12. The molecular weight excluding hydrogens is 320 g/mol. The van der Waals surface area contributed by atoms with Gasteiger partial charge in [-0.25, -0.2) is 0 Å². The first-order valence-electron chi connectivity index (χ1n) is 6.22. The van der Waals surface area contributed by atoms with E-state index in [0.717, 1.165) is 17.7 Å². The minimum atomic E-state index is -0.0307. The van der Waals surface area contributed by atoms with Crippen LogP contribution in [0.2, 0.25) is 0 Å². The zero-order valence-electron chi connectivity index (χ0n) is 10.3. The van der Waals surface area contributed by atoms with Gasteiger partial charge in [-0.05, 0) is 35.7 Å². The van der Waals surface area contributed by atoms with Crippen LogP contribution in [0.5, 0.6) is 0 Å². The second-order valence-corrected chi connectivity index (χ2v) is 6.78. The van der Waals surface area contributed by atoms with E-state index in [0.29, 0.717) is 0 Å². The van der Waals surface area contributed by atoms with Gasteiger partial charge in [0.2, 0.25) is 0 Å². The summed E-state index contributed by atoms with van der Waals surface area (Å²) < 4.78 is 0. The molecule has 1 atom stereocenters. The number of alkyl halides is 1. The topological polar surface area (TPSA) is 17.1 Å². The summed E-state index contributed by atoms with van der Waals surface area (Å²) in [6.45, 7) is 0. The highest BCUT2D eigenvalue weighted by atomic mass is 79.9. The van der Waals surface area contributed by atoms with Gasteiger partial charge in [0.25, 0.3) is 0 Å². The fourth-order valence-electron chi connectivity index (χ4n) is 2.26. The molecule has 0 spiro atoms. The molecule has 2 aromatic carbocycles. The largest absolute Gasteiger partial charge is 0.293 e. The highest BCUT2D eigenvalue weighted by Gasteiger charge is 2.28. The van der Waals surface area contributed by atoms with Gasteiger partial charge in [0.05, 0.1) is 4.83 Å². The summed E-state index contributed by atoms with van der Waals surface area (Å²) in [6.07, 6.45) is 0.813. The summed E-state index contributed by atoms with van der Waals surface area (Å²) in [5.41, 5.74) is 3.37. The van der Waals surface area contributed by atoms with Crippen molar-refractivity contribution in [2.45, 2.75) is 21.9 Å². The molecule has 0 N–H and O–H groups in total. The minimum absolute atomic E-state index is 0.0307. The van der Waals surface area contributed by atoms with E-state index in [4.69, 9.17) is 0 Å². The van der Waals surface area contributed by atoms with Gasteiger partial charge < -0.3 is 0 Å². The standard InChI is InChI=1S/C16H13BrOS/c17-15-9-12-8-13(6-7-14(12)16(15)18)19-10-11-4-2-1-3-5-11/h1-8,15H,9-10H2. The number of fused-ring (bicyclic) bond motifs is 1. The molecule has 0 fully saturated rings. The van der Waals surface area contributed by atoms with Crippen LogP contribution in [0.15, 0.2) is 53.4 Å². The van der Waals surface area contributed by atoms with Crippen LogP contribution in [0.3, 0.4) is 0 Å². The van der Waals surface area contributed by atoms with Gasteiger partial charge in [-0.3, -0.25) is 4.79 Å². The van der Waals surface area contributed by atoms with Gasteiger partial charge >= 0.3 is 0 Å². The van der Waals surface area contributed by atoms with Gasteiger partial charge in [0.1, 0.15) is 0 Å². The number of Topliss-reactive ketones (excluding diaryl/α,β-unsaturated/α-hetero) is 1. The molecule has 1 unspecified atom stereocenters. The molecule has 1 aliphatic rings. The molecule has 2 aromatic rings. The average Bonchev–Trinajstić information content (AvgIpc) is 2.73. The molecule has 3 rings (SSSR count). The van der Waals surface area contributed by atoms with Crippen LogP contribution in [0.4, 0.5) is 0 Å². The van der Waals surface area contributed by atoms with Gasteiger partial charge in [-0.1, -0.05) is 46.3 Å². The Morgan fingerprint density at radius 1 is 1.16 bits per heavy atom. The Kier molecular flexibility index (Phi) is 3.76. The van der Waals surface area contributed by atoms with Crippen molar-refractivity contribution >= 4 is 33.5 Å². The van der Waals surface area contributed by atoms with Gasteiger partial charge in [0, 0.05) is 16.2 Å². The van der Waals surface area contributed by atoms with Crippen LogP contribution in [-0.2, 0) is 12.2 Å². The van der Waals surface area contributed by atoms with Crippen LogP contribution >= 0.6 is 27.7 Å². The van der Waals surface area contributed by atoms with E-state index in [1.165, 1.54) is 16.0 Å². The lowest BCUT2D eigenvalue weighted by Crippen LogP contribution is -2.05. The van der Waals surface area contributed by atoms with E-state index in [9.17, 15) is 4.79 Å². The van der Waals surface area contributed by atoms with E-state index in [1.54, 1.807) is 0 Å². The molecule has 0 bridgehead atoms. The summed E-state index contributed by atoms with van der Waals surface area (Å²) >= 11 is 5.24. The van der Waals surface area contributed by atoms with Crippen molar-refractivity contribution in [3.05, 3.63) is 65.2 Å². The van der Waals surface area contributed by atoms with Crippen molar-refractivity contribution in [1.29, 1.82) is 0 Å². The second kappa shape index (κ2) is 5.51. The average molecular weight is 333 g/mol. The Labute approximate surface area is 125 Å². The number of hydrogen-bond donors (Lipinski definition) is 0. The van der Waals surface area contributed by atoms with Gasteiger partial charge in [-0.2, -0.15) is 0 Å². The zero-order chi connectivity index (χ0) is 13.2. The number of rotatable bonds is 3. The van der Waals surface area contributed by atoms with E-state index < -0.39 is 0 Å². The normalized spacial score (nSPS) is 17.5. The van der Waals surface area contributed by atoms with Crippen molar-refractivity contribution in [3.63, 3.8) is 0 Å². The van der Waals surface area contributed by atoms with Crippen LogP contribution in [0.25, 0.3) is 0 Å². The second-order valence-electron chi connectivity index (χ2n) is 4.63. The van der Waals surface area contributed by atoms with Crippen molar-refractivity contribution in [1.82, 2.24) is 0 Å². The van der Waals surface area contributed by atoms with E-state index >= 15 is 0 Å². The van der Waals surface area contributed by atoms with Gasteiger partial charge in [0.15, 0.2) is 5.78 Å². The van der Waals surface area contributed by atoms with Crippen LogP contribution in [0, 0.1) is 0 Å². The Morgan fingerprint density at radius 2 is 1.95 bits per heavy atom. The van der Waals surface area contributed by atoms with Crippen LogP contribution < -0.4 is 0 Å². The van der Waals surface area contributed by atoms with Crippen molar-refractivity contribution in [2.24, 2.45) is 0 Å². The fraction of sp³-hybridized carbons (Fsp3) is 0.188. The Bertz CT molecular complexity index is 609. The summed E-state index contributed by atoms with van der Waals surface area (Å²) in [7, 11) is 0. The molecule has 1 aliphatic carbocycles. The predicted octanol–water partition coefficient (Wildman–Crippen LogP) is 4.48. The summed E-state index contributed by atoms with van der Waals surface area (Å²) in [6, 6.07) is 16.6. The smallest absolute Gasteiger partial charge is 0.177 e. The van der Waals surface area contributed by atoms with Crippen LogP contribution in [-0.4, -0.2) is 10.6 Å². The number of carbonyl (C=O) groups is 1. The molecular formula is C16H13BrOS. The SMILES string of the molecule is O=C1c2ccc(SCc3ccccc3)cc2CC1Br. The lowest BCUT2D eigenvalue weighted by Gasteiger charge is -2.04. The third-order valence-electron chi connectivity index (χ3n) is 3.27. The number of thioether (sulfide) groups is 1. The molecule has 1 nitrogen and oxygen atoms in total. The molecule has 0 saturated heterocycles. The lowest BCUT2D eigenvalue weighted by molar-refractivity contribution is 0.100. The summed E-state index contributed by atoms with van der Waals surface area (Å²) in [4.78, 5) is 13.0. The Morgan fingerprint density at radius 3 is 2.74 bits per heavy atom. The van der Waals surface area contributed by atoms with Crippen molar-refractivity contribution < 1.29 is 4.79 Å². The maximum Gasteiger partial charge on any atom is 0.177 e. The summed E-state index contributed by atoms with van der Waals surface area (Å²) in [5, 5.41) is 0. The molecule has 0 heterocycles. The Balaban J connectivity index is 1.74. The molecule has 0 aliphatic heterocycles. The third-order valence-corrected chi connectivity index (χ3v) is 5.08. The molecule has 19 heavy (non-hydrogen) atoms. The maximum atomic E-state index is 11.8. The van der Waals surface area contributed by atoms with E-state index in [-0.39, 0.29) is 10.6 Å². The van der Waals surface area contributed by atoms with Crippen LogP contribution in [0.1, 0.15) is 21.5 Å². The highest BCUT2D eigenvalue weighted by Crippen LogP contribution is 2.31. The van der Waals surface area contributed by atoms with E-state index in [1.807, 2.05) is 23.9 Å². The number of carbonyl (C=O) groups excluding carboxylic acids is 1. The molecule has 0 aromatic heterocycles. The number of halogens is 1. The first-order chi connectivity index (χ1) is 9.24. The quantitative estimate of drug-likeness (QED) is 0.608. The summed E-state index contributed by atoms with van der Waals surface area (Å²) in [5.74, 6) is 1.18. The molecule has 3 heteroatoms. The molecule has 96 valence electrons. The molecule has 0 amide bonds. The molecule has 0 saturated carbocycles. The third kappa shape index (κ3) is 2.77. The zero-order valence-corrected chi connectivity index (χ0v) is 12.7.